The van der Waals surface area contributed by atoms with E-state index in [0.29, 0.717) is 18.3 Å². The summed E-state index contributed by atoms with van der Waals surface area (Å²) >= 11 is 1.80. The molecule has 2 fully saturated rings. The zero-order chi connectivity index (χ0) is 32.8. The lowest BCUT2D eigenvalue weighted by Gasteiger charge is -2.49. The molecule has 1 amide bonds. The Morgan fingerprint density at radius 1 is 0.872 bits per heavy atom. The van der Waals surface area contributed by atoms with E-state index in [4.69, 9.17) is 4.74 Å². The number of aromatic nitrogens is 4. The molecule has 0 aliphatic carbocycles. The molecule has 0 bridgehead atoms. The van der Waals surface area contributed by atoms with Gasteiger partial charge in [0.25, 0.3) is 0 Å². The lowest BCUT2D eigenvalue weighted by molar-refractivity contribution is -0.150. The van der Waals surface area contributed by atoms with E-state index in [1.807, 2.05) is 41.3 Å². The number of nitrogens with one attached hydrogen (secondary N) is 1. The Labute approximate surface area is 280 Å². The summed E-state index contributed by atoms with van der Waals surface area (Å²) < 4.78 is 7.06. The number of benzene rings is 4. The highest BCUT2D eigenvalue weighted by molar-refractivity contribution is 8.01. The fourth-order valence-corrected chi connectivity index (χ4v) is 8.79. The Kier molecular flexibility index (Phi) is 8.14. The Bertz CT molecular complexity index is 1820. The number of ether oxygens (including phenoxy) is 1. The van der Waals surface area contributed by atoms with Crippen molar-refractivity contribution in [2.24, 2.45) is 0 Å². The van der Waals surface area contributed by atoms with Crippen molar-refractivity contribution in [3.63, 3.8) is 0 Å². The van der Waals surface area contributed by atoms with Crippen molar-refractivity contribution >= 4 is 17.7 Å². The topological polar surface area (TPSA) is 85.2 Å². The third-order valence-corrected chi connectivity index (χ3v) is 11.1. The first-order valence-electron chi connectivity index (χ1n) is 16.1. The van der Waals surface area contributed by atoms with E-state index < -0.39 is 11.6 Å². The van der Waals surface area contributed by atoms with Crippen molar-refractivity contribution in [2.75, 3.05) is 7.11 Å². The molecule has 8 nitrogen and oxygen atoms in total. The maximum absolute atomic E-state index is 14.5. The molecule has 7 rings (SSSR count). The molecule has 9 heteroatoms. The highest BCUT2D eigenvalue weighted by atomic mass is 32.2. The quantitative estimate of drug-likeness (QED) is 0.137. The number of thioether (sulfide) groups is 1. The van der Waals surface area contributed by atoms with Crippen molar-refractivity contribution in [1.29, 1.82) is 0 Å². The van der Waals surface area contributed by atoms with Gasteiger partial charge in [-0.1, -0.05) is 117 Å². The van der Waals surface area contributed by atoms with Crippen LogP contribution in [-0.4, -0.2) is 54.3 Å². The Morgan fingerprint density at radius 3 is 2.09 bits per heavy atom. The van der Waals surface area contributed by atoms with E-state index in [1.54, 1.807) is 23.6 Å². The number of hydrogen-bond acceptors (Lipinski definition) is 7. The van der Waals surface area contributed by atoms with Gasteiger partial charge >= 0.3 is 0 Å². The van der Waals surface area contributed by atoms with Gasteiger partial charge in [0.05, 0.1) is 19.2 Å². The Balaban J connectivity index is 1.27. The number of carbonyl (C=O) groups is 1. The number of hydrogen-bond donors (Lipinski definition) is 1. The van der Waals surface area contributed by atoms with Crippen LogP contribution in [-0.2, 0) is 16.9 Å². The zero-order valence-corrected chi connectivity index (χ0v) is 28.2. The van der Waals surface area contributed by atoms with Gasteiger partial charge in [0.1, 0.15) is 23.2 Å². The van der Waals surface area contributed by atoms with E-state index in [0.717, 1.165) is 28.0 Å². The second kappa shape index (κ2) is 12.3. The molecule has 2 unspecified atom stereocenters. The monoisotopic (exact) mass is 644 g/mol. The largest absolute Gasteiger partial charge is 0.496 e. The van der Waals surface area contributed by atoms with Crippen LogP contribution < -0.4 is 10.1 Å². The summed E-state index contributed by atoms with van der Waals surface area (Å²) in [5.74, 6) is 1.90. The van der Waals surface area contributed by atoms with Crippen molar-refractivity contribution in [1.82, 2.24) is 30.4 Å². The average Bonchev–Trinajstić information content (AvgIpc) is 3.65. The van der Waals surface area contributed by atoms with E-state index in [2.05, 4.69) is 121 Å². The van der Waals surface area contributed by atoms with E-state index in [-0.39, 0.29) is 22.1 Å². The van der Waals surface area contributed by atoms with E-state index in [1.165, 1.54) is 5.56 Å². The molecular formula is C38H40N6O2S. The molecule has 2 aliphatic heterocycles. The van der Waals surface area contributed by atoms with Gasteiger partial charge in [-0.25, -0.2) is 4.68 Å². The summed E-state index contributed by atoms with van der Waals surface area (Å²) in [6.45, 7) is 9.21. The van der Waals surface area contributed by atoms with E-state index >= 15 is 0 Å². The van der Waals surface area contributed by atoms with Gasteiger partial charge in [-0.05, 0) is 58.5 Å². The molecule has 1 aromatic heterocycles. The normalized spacial score (nSPS) is 20.3. The molecule has 3 atom stereocenters. The van der Waals surface area contributed by atoms with Gasteiger partial charge in [0.2, 0.25) is 5.91 Å². The minimum absolute atomic E-state index is 0.0416. The summed E-state index contributed by atoms with van der Waals surface area (Å²) in [6.07, 6.45) is 0. The highest BCUT2D eigenvalue weighted by Crippen LogP contribution is 2.57. The van der Waals surface area contributed by atoms with Gasteiger partial charge in [0, 0.05) is 10.3 Å². The first kappa shape index (κ1) is 31.1. The van der Waals surface area contributed by atoms with Crippen molar-refractivity contribution in [3.8, 4) is 5.75 Å². The third-order valence-electron chi connectivity index (χ3n) is 9.55. The van der Waals surface area contributed by atoms with Crippen molar-refractivity contribution in [3.05, 3.63) is 143 Å². The number of nitrogens with zero attached hydrogens (tertiary/aromatic N) is 5. The SMILES string of the molecule is COc1ccccc1Cn1nnnc1C1N2C(=O)C(NC(c3ccccc3)(c3ccccc3)c3ccc(C(C)C)cc3)[C@H]2SC1(C)C. The second-order valence-corrected chi connectivity index (χ2v) is 14.9. The van der Waals surface area contributed by atoms with Crippen LogP contribution in [0.1, 0.15) is 73.3 Å². The van der Waals surface area contributed by atoms with Gasteiger partial charge < -0.3 is 9.64 Å². The minimum atomic E-state index is -0.765. The van der Waals surface area contributed by atoms with Crippen LogP contribution in [0.2, 0.25) is 0 Å². The second-order valence-electron chi connectivity index (χ2n) is 13.1. The molecule has 47 heavy (non-hydrogen) atoms. The van der Waals surface area contributed by atoms with Crippen LogP contribution in [0.4, 0.5) is 0 Å². The minimum Gasteiger partial charge on any atom is -0.496 e. The van der Waals surface area contributed by atoms with Crippen molar-refractivity contribution in [2.45, 2.75) is 67.9 Å². The fraction of sp³-hybridized carbons (Fsp3) is 0.316. The molecule has 240 valence electrons. The predicted octanol–water partition coefficient (Wildman–Crippen LogP) is 6.54. The lowest BCUT2D eigenvalue weighted by Crippen LogP contribution is -2.70. The van der Waals surface area contributed by atoms with Crippen LogP contribution in [0, 0.1) is 0 Å². The average molecular weight is 645 g/mol. The molecule has 1 N–H and O–H groups in total. The zero-order valence-electron chi connectivity index (χ0n) is 27.4. The molecule has 0 radical (unpaired) electrons. The van der Waals surface area contributed by atoms with Crippen LogP contribution in [0.25, 0.3) is 0 Å². The molecule has 0 spiro atoms. The number of tetrazole rings is 1. The molecule has 3 heterocycles. The van der Waals surface area contributed by atoms with Gasteiger partial charge in [-0.3, -0.25) is 10.1 Å². The maximum atomic E-state index is 14.5. The highest BCUT2D eigenvalue weighted by Gasteiger charge is 2.64. The number of β-lactam (4-membered cyclic amide) rings is 1. The first-order valence-corrected chi connectivity index (χ1v) is 17.0. The molecule has 4 aromatic carbocycles. The van der Waals surface area contributed by atoms with E-state index in [9.17, 15) is 4.79 Å². The first-order chi connectivity index (χ1) is 22.7. The summed E-state index contributed by atoms with van der Waals surface area (Å²) in [7, 11) is 1.66. The number of amides is 1. The molecular weight excluding hydrogens is 605 g/mol. The molecule has 2 aliphatic rings. The van der Waals surface area contributed by atoms with Gasteiger partial charge in [-0.15, -0.1) is 16.9 Å². The summed E-state index contributed by atoms with van der Waals surface area (Å²) in [6, 6.07) is 36.9. The summed E-state index contributed by atoms with van der Waals surface area (Å²) in [5, 5.41) is 16.8. The van der Waals surface area contributed by atoms with Crippen LogP contribution in [0.5, 0.6) is 5.75 Å². The van der Waals surface area contributed by atoms with Gasteiger partial charge in [0.15, 0.2) is 5.82 Å². The third kappa shape index (κ3) is 5.31. The standard InChI is InChI=1S/C38H40N6O2S/c1-25(2)26-20-22-30(23-21-26)38(28-15-8-6-9-16-28,29-17-10-7-11-18-29)39-32-35(45)44-33(37(3,4)47-36(32)44)34-40-41-42-43(34)24-27-14-12-13-19-31(27)46-5/h6-23,25,32-33,36,39H,24H2,1-5H3/t32?,33?,36-/m1/s1. The van der Waals surface area contributed by atoms with Crippen LogP contribution >= 0.6 is 11.8 Å². The predicted molar refractivity (Wildman–Crippen MR) is 185 cm³/mol. The lowest BCUT2D eigenvalue weighted by atomic mass is 9.75. The number of carbonyl (C=O) groups excluding carboxylic acids is 1. The van der Waals surface area contributed by atoms with Crippen LogP contribution in [0.3, 0.4) is 0 Å². The van der Waals surface area contributed by atoms with Crippen LogP contribution in [0.15, 0.2) is 109 Å². The maximum Gasteiger partial charge on any atom is 0.244 e. The smallest absolute Gasteiger partial charge is 0.244 e. The summed E-state index contributed by atoms with van der Waals surface area (Å²) in [5.41, 5.74) is 4.72. The number of fused-ring (bicyclic) bond motifs is 1. The fourth-order valence-electron chi connectivity index (χ4n) is 7.16. The molecule has 2 saturated heterocycles. The Hall–Kier alpha value is -4.47. The number of methoxy groups -OCH3 is 1. The molecule has 5 aromatic rings. The Morgan fingerprint density at radius 2 is 1.47 bits per heavy atom. The molecule has 0 saturated carbocycles. The van der Waals surface area contributed by atoms with Crippen molar-refractivity contribution < 1.29 is 9.53 Å². The number of rotatable bonds is 10. The number of para-hydroxylation sites is 1. The summed E-state index contributed by atoms with van der Waals surface area (Å²) in [4.78, 5) is 16.5. The van der Waals surface area contributed by atoms with Gasteiger partial charge in [-0.2, -0.15) is 0 Å².